The maximum Gasteiger partial charge on any atom is 0.276 e. The number of aromatic amines is 1. The maximum absolute atomic E-state index is 14.6. The third-order valence-corrected chi connectivity index (χ3v) is 5.82. The number of H-pyrrole nitrogens is 1. The number of para-hydroxylation sites is 1. The Morgan fingerprint density at radius 3 is 2.49 bits per heavy atom. The highest BCUT2D eigenvalue weighted by Gasteiger charge is 2.21. The van der Waals surface area contributed by atoms with Crippen molar-refractivity contribution in [1.82, 2.24) is 25.0 Å². The van der Waals surface area contributed by atoms with Gasteiger partial charge in [-0.1, -0.05) is 35.9 Å². The van der Waals surface area contributed by atoms with Gasteiger partial charge in [-0.3, -0.25) is 19.7 Å². The summed E-state index contributed by atoms with van der Waals surface area (Å²) in [5, 5.41) is 16.4. The van der Waals surface area contributed by atoms with Gasteiger partial charge in [-0.25, -0.2) is 9.07 Å². The smallest absolute Gasteiger partial charge is 0.276 e. The van der Waals surface area contributed by atoms with Crippen LogP contribution in [0, 0.1) is 12.7 Å². The van der Waals surface area contributed by atoms with E-state index in [0.717, 1.165) is 6.07 Å². The molecule has 5 aromatic rings. The van der Waals surface area contributed by atoms with E-state index in [4.69, 9.17) is 11.6 Å². The summed E-state index contributed by atoms with van der Waals surface area (Å²) in [6.07, 6.45) is 3.01. The molecule has 0 bridgehead atoms. The summed E-state index contributed by atoms with van der Waals surface area (Å²) in [7, 11) is 0. The molecule has 2 aromatic carbocycles. The van der Waals surface area contributed by atoms with Gasteiger partial charge in [0.1, 0.15) is 11.6 Å². The van der Waals surface area contributed by atoms with Crippen LogP contribution >= 0.6 is 11.6 Å². The number of carbonyl (C=O) groups is 2. The summed E-state index contributed by atoms with van der Waals surface area (Å²) in [6.45, 7) is 1.77. The Balaban J connectivity index is 1.50. The van der Waals surface area contributed by atoms with Crippen LogP contribution in [0.4, 0.5) is 15.9 Å². The predicted octanol–water partition coefficient (Wildman–Crippen LogP) is 5.26. The van der Waals surface area contributed by atoms with E-state index in [9.17, 15) is 14.0 Å². The summed E-state index contributed by atoms with van der Waals surface area (Å²) >= 11 is 6.24. The van der Waals surface area contributed by atoms with Gasteiger partial charge >= 0.3 is 0 Å². The van der Waals surface area contributed by atoms with Crippen molar-refractivity contribution in [1.29, 1.82) is 0 Å². The second kappa shape index (κ2) is 10.0. The van der Waals surface area contributed by atoms with Gasteiger partial charge < -0.3 is 10.6 Å². The Hall–Kier alpha value is -4.83. The van der Waals surface area contributed by atoms with Gasteiger partial charge in [0.25, 0.3) is 11.8 Å². The number of aryl methyl sites for hydroxylation is 1. The highest BCUT2D eigenvalue weighted by atomic mass is 35.5. The molecule has 3 heterocycles. The van der Waals surface area contributed by atoms with Crippen LogP contribution in [0.25, 0.3) is 16.9 Å². The number of pyridine rings is 1. The molecule has 3 N–H and O–H groups in total. The molecule has 0 aliphatic rings. The van der Waals surface area contributed by atoms with Crippen LogP contribution in [0.1, 0.15) is 26.5 Å². The second-order valence-corrected chi connectivity index (χ2v) is 8.41. The van der Waals surface area contributed by atoms with E-state index in [1.54, 1.807) is 49.4 Å². The monoisotopic (exact) mass is 515 g/mol. The normalized spacial score (nSPS) is 10.8. The number of rotatable bonds is 6. The summed E-state index contributed by atoms with van der Waals surface area (Å²) < 4.78 is 16.1. The number of hydrogen-bond acceptors (Lipinski definition) is 5. The Morgan fingerprint density at radius 2 is 1.78 bits per heavy atom. The number of anilines is 2. The van der Waals surface area contributed by atoms with Gasteiger partial charge in [0.05, 0.1) is 39.5 Å². The van der Waals surface area contributed by atoms with Gasteiger partial charge in [-0.15, -0.1) is 0 Å². The molecule has 0 aliphatic heterocycles. The van der Waals surface area contributed by atoms with Gasteiger partial charge in [-0.05, 0) is 43.3 Å². The topological polar surface area (TPSA) is 118 Å². The number of benzene rings is 2. The fraction of sp³-hybridized carbons (Fsp3) is 0.0385. The van der Waals surface area contributed by atoms with Crippen molar-refractivity contribution in [3.05, 3.63) is 107 Å². The molecule has 0 spiro atoms. The number of nitrogens with zero attached hydrogens (tertiary/aromatic N) is 4. The highest BCUT2D eigenvalue weighted by molar-refractivity contribution is 6.34. The van der Waals surface area contributed by atoms with E-state index in [1.165, 1.54) is 29.2 Å². The number of nitrogens with one attached hydrogen (secondary N) is 3. The average molecular weight is 516 g/mol. The predicted molar refractivity (Wildman–Crippen MR) is 137 cm³/mol. The van der Waals surface area contributed by atoms with Crippen LogP contribution in [0.15, 0.2) is 79.1 Å². The van der Waals surface area contributed by atoms with E-state index in [1.807, 2.05) is 6.07 Å². The lowest BCUT2D eigenvalue weighted by Gasteiger charge is -2.11. The summed E-state index contributed by atoms with van der Waals surface area (Å²) in [5.41, 5.74) is 2.36. The molecule has 3 aromatic heterocycles. The molecule has 37 heavy (non-hydrogen) atoms. The zero-order chi connectivity index (χ0) is 25.9. The zero-order valence-electron chi connectivity index (χ0n) is 19.4. The lowest BCUT2D eigenvalue weighted by Crippen LogP contribution is -2.16. The van der Waals surface area contributed by atoms with Crippen LogP contribution in [0.2, 0.25) is 5.02 Å². The third-order valence-electron chi connectivity index (χ3n) is 5.50. The number of hydrogen-bond donors (Lipinski definition) is 3. The van der Waals surface area contributed by atoms with Crippen molar-refractivity contribution in [3.63, 3.8) is 0 Å². The minimum absolute atomic E-state index is 0.0320. The number of halogens is 2. The zero-order valence-corrected chi connectivity index (χ0v) is 20.1. The van der Waals surface area contributed by atoms with Crippen LogP contribution in [0.3, 0.4) is 0 Å². The standard InChI is InChI=1S/C26H19ClFN7O2/c1-15-23(14-30-33-15)31-26(37)22-13-24(35(34-22)16-7-3-2-4-8-16)32-25(36)17-11-18(20(28)12-19(17)27)21-9-5-6-10-29-21/h2-14H,1H3,(H,30,33)(H,31,37)(H,32,36). The third kappa shape index (κ3) is 4.95. The Kier molecular flexibility index (Phi) is 6.48. The first-order chi connectivity index (χ1) is 17.9. The largest absolute Gasteiger partial charge is 0.318 e. The molecule has 0 radical (unpaired) electrons. The first-order valence-corrected chi connectivity index (χ1v) is 11.5. The van der Waals surface area contributed by atoms with Crippen LogP contribution < -0.4 is 10.6 Å². The summed E-state index contributed by atoms with van der Waals surface area (Å²) in [6, 6.07) is 17.9. The molecule has 11 heteroatoms. The Bertz CT molecular complexity index is 1600. The van der Waals surface area contributed by atoms with Crippen molar-refractivity contribution in [2.24, 2.45) is 0 Å². The molecule has 0 unspecified atom stereocenters. The fourth-order valence-corrected chi connectivity index (χ4v) is 3.87. The molecule has 0 saturated carbocycles. The van der Waals surface area contributed by atoms with Crippen molar-refractivity contribution in [2.75, 3.05) is 10.6 Å². The quantitative estimate of drug-likeness (QED) is 0.285. The molecule has 0 saturated heterocycles. The van der Waals surface area contributed by atoms with Gasteiger partial charge in [0, 0.05) is 17.8 Å². The molecule has 2 amide bonds. The molecule has 184 valence electrons. The molecule has 0 aliphatic carbocycles. The maximum atomic E-state index is 14.6. The van der Waals surface area contributed by atoms with E-state index in [-0.39, 0.29) is 27.7 Å². The second-order valence-electron chi connectivity index (χ2n) is 8.01. The minimum Gasteiger partial charge on any atom is -0.318 e. The fourth-order valence-electron chi connectivity index (χ4n) is 3.64. The van der Waals surface area contributed by atoms with Crippen molar-refractivity contribution < 1.29 is 14.0 Å². The average Bonchev–Trinajstić information content (AvgIpc) is 3.51. The molecular weight excluding hydrogens is 497 g/mol. The Labute approximate surface area is 215 Å². The molecule has 9 nitrogen and oxygen atoms in total. The van der Waals surface area contributed by atoms with Gasteiger partial charge in [-0.2, -0.15) is 10.2 Å². The van der Waals surface area contributed by atoms with Crippen LogP contribution in [-0.4, -0.2) is 36.8 Å². The molecule has 0 fully saturated rings. The van der Waals surface area contributed by atoms with E-state index in [0.29, 0.717) is 22.8 Å². The molecular formula is C26H19ClFN7O2. The SMILES string of the molecule is Cc1[nH]ncc1NC(=O)c1cc(NC(=O)c2cc(-c3ccccn3)c(F)cc2Cl)n(-c2ccccc2)n1. The minimum atomic E-state index is -0.614. The van der Waals surface area contributed by atoms with Gasteiger partial charge in [0.15, 0.2) is 5.69 Å². The first-order valence-electron chi connectivity index (χ1n) is 11.1. The highest BCUT2D eigenvalue weighted by Crippen LogP contribution is 2.28. The summed E-state index contributed by atoms with van der Waals surface area (Å²) in [4.78, 5) is 30.4. The lowest BCUT2D eigenvalue weighted by atomic mass is 10.1. The van der Waals surface area contributed by atoms with Crippen molar-refractivity contribution in [2.45, 2.75) is 6.92 Å². The number of amides is 2. The van der Waals surface area contributed by atoms with Crippen molar-refractivity contribution in [3.8, 4) is 16.9 Å². The summed E-state index contributed by atoms with van der Waals surface area (Å²) in [5.74, 6) is -1.50. The van der Waals surface area contributed by atoms with E-state index < -0.39 is 17.6 Å². The van der Waals surface area contributed by atoms with Gasteiger partial charge in [0.2, 0.25) is 0 Å². The van der Waals surface area contributed by atoms with Crippen LogP contribution in [0.5, 0.6) is 0 Å². The number of carbonyl (C=O) groups excluding carboxylic acids is 2. The number of aromatic nitrogens is 5. The Morgan fingerprint density at radius 1 is 1.00 bits per heavy atom. The molecule has 5 rings (SSSR count). The molecule has 0 atom stereocenters. The van der Waals surface area contributed by atoms with E-state index in [2.05, 4.69) is 30.9 Å². The first kappa shape index (κ1) is 23.9. The van der Waals surface area contributed by atoms with Crippen LogP contribution in [-0.2, 0) is 0 Å². The lowest BCUT2D eigenvalue weighted by molar-refractivity contribution is 0.101. The van der Waals surface area contributed by atoms with Crippen molar-refractivity contribution >= 4 is 34.9 Å². The van der Waals surface area contributed by atoms with E-state index >= 15 is 0 Å².